The highest BCUT2D eigenvalue weighted by atomic mass is 35.5. The Morgan fingerprint density at radius 1 is 1.27 bits per heavy atom. The first-order valence-corrected chi connectivity index (χ1v) is 9.56. The topological polar surface area (TPSA) is 84.7 Å². The van der Waals surface area contributed by atoms with Gasteiger partial charge in [-0.05, 0) is 29.3 Å². The Labute approximate surface area is 159 Å². The highest BCUT2D eigenvalue weighted by Crippen LogP contribution is 2.42. The van der Waals surface area contributed by atoms with E-state index in [1.54, 1.807) is 12.1 Å². The third-order valence-electron chi connectivity index (χ3n) is 4.77. The van der Waals surface area contributed by atoms with Crippen molar-refractivity contribution in [1.82, 2.24) is 5.32 Å². The van der Waals surface area contributed by atoms with Crippen molar-refractivity contribution in [2.45, 2.75) is 12.0 Å². The quantitative estimate of drug-likeness (QED) is 0.837. The SMILES string of the molecule is NC(=O)[C@@H]1NC(=O)c2sc(N3CCOCC3)cc2[C@H]1c1ccc(Cl)cc1. The van der Waals surface area contributed by atoms with Crippen molar-refractivity contribution in [3.05, 3.63) is 51.4 Å². The number of ether oxygens (including phenoxy) is 1. The molecular weight excluding hydrogens is 374 g/mol. The zero-order valence-corrected chi connectivity index (χ0v) is 15.5. The average molecular weight is 392 g/mol. The predicted octanol–water partition coefficient (Wildman–Crippen LogP) is 1.97. The van der Waals surface area contributed by atoms with Gasteiger partial charge in [-0.15, -0.1) is 11.3 Å². The summed E-state index contributed by atoms with van der Waals surface area (Å²) in [5.74, 6) is -1.13. The van der Waals surface area contributed by atoms with Crippen LogP contribution in [-0.2, 0) is 9.53 Å². The van der Waals surface area contributed by atoms with Gasteiger partial charge >= 0.3 is 0 Å². The minimum atomic E-state index is -0.789. The molecule has 26 heavy (non-hydrogen) atoms. The number of carbonyl (C=O) groups is 2. The molecule has 0 saturated carbocycles. The number of carbonyl (C=O) groups excluding carboxylic acids is 2. The van der Waals surface area contributed by atoms with Crippen molar-refractivity contribution in [3.8, 4) is 0 Å². The van der Waals surface area contributed by atoms with Gasteiger partial charge in [-0.3, -0.25) is 9.59 Å². The first kappa shape index (κ1) is 17.3. The maximum atomic E-state index is 12.6. The van der Waals surface area contributed by atoms with E-state index in [-0.39, 0.29) is 11.8 Å². The molecule has 1 fully saturated rings. The summed E-state index contributed by atoms with van der Waals surface area (Å²) in [6.07, 6.45) is 0. The number of nitrogens with one attached hydrogen (secondary N) is 1. The van der Waals surface area contributed by atoms with Gasteiger partial charge in [0, 0.05) is 24.0 Å². The van der Waals surface area contributed by atoms with Crippen LogP contribution in [0.5, 0.6) is 0 Å². The standard InChI is InChI=1S/C18H18ClN3O3S/c19-11-3-1-10(2-4-11)14-12-9-13(22-5-7-25-8-6-22)26-16(12)18(24)21-15(14)17(20)23/h1-4,9,14-15H,5-8H2,(H2,20,23)(H,21,24)/t14-,15-/m1/s1. The second-order valence-electron chi connectivity index (χ2n) is 6.35. The van der Waals surface area contributed by atoms with E-state index in [9.17, 15) is 9.59 Å². The third kappa shape index (κ3) is 3.06. The smallest absolute Gasteiger partial charge is 0.262 e. The van der Waals surface area contributed by atoms with Gasteiger partial charge in [-0.1, -0.05) is 23.7 Å². The summed E-state index contributed by atoms with van der Waals surface area (Å²) in [6.45, 7) is 2.90. The molecule has 0 bridgehead atoms. The number of hydrogen-bond acceptors (Lipinski definition) is 5. The van der Waals surface area contributed by atoms with Gasteiger partial charge in [0.1, 0.15) is 6.04 Å². The van der Waals surface area contributed by atoms with E-state index in [0.717, 1.165) is 29.2 Å². The number of amides is 2. The van der Waals surface area contributed by atoms with Crippen LogP contribution in [-0.4, -0.2) is 44.2 Å². The molecule has 0 radical (unpaired) electrons. The Morgan fingerprint density at radius 3 is 2.62 bits per heavy atom. The number of anilines is 1. The molecule has 3 N–H and O–H groups in total. The fourth-order valence-corrected chi connectivity index (χ4v) is 4.77. The summed E-state index contributed by atoms with van der Waals surface area (Å²) in [7, 11) is 0. The van der Waals surface area contributed by atoms with Crippen molar-refractivity contribution in [2.24, 2.45) is 5.73 Å². The fraction of sp³-hybridized carbons (Fsp3) is 0.333. The average Bonchev–Trinajstić information content (AvgIpc) is 3.09. The lowest BCUT2D eigenvalue weighted by molar-refractivity contribution is -0.120. The Bertz CT molecular complexity index is 846. The van der Waals surface area contributed by atoms with Crippen molar-refractivity contribution >= 4 is 39.8 Å². The van der Waals surface area contributed by atoms with Gasteiger partial charge in [-0.2, -0.15) is 0 Å². The molecule has 4 rings (SSSR count). The van der Waals surface area contributed by atoms with E-state index in [0.29, 0.717) is 23.1 Å². The van der Waals surface area contributed by atoms with E-state index in [1.165, 1.54) is 11.3 Å². The van der Waals surface area contributed by atoms with Crippen molar-refractivity contribution < 1.29 is 14.3 Å². The molecule has 3 heterocycles. The predicted molar refractivity (Wildman–Crippen MR) is 101 cm³/mol. The Hall–Kier alpha value is -2.09. The molecule has 2 amide bonds. The molecule has 1 aromatic heterocycles. The highest BCUT2D eigenvalue weighted by molar-refractivity contribution is 7.18. The maximum Gasteiger partial charge on any atom is 0.262 e. The lowest BCUT2D eigenvalue weighted by Gasteiger charge is -2.30. The number of nitrogens with zero attached hydrogens (tertiary/aromatic N) is 1. The molecule has 6 nitrogen and oxygen atoms in total. The molecule has 0 unspecified atom stereocenters. The van der Waals surface area contributed by atoms with E-state index in [2.05, 4.69) is 10.2 Å². The molecule has 8 heteroatoms. The van der Waals surface area contributed by atoms with Gasteiger partial charge in [0.05, 0.1) is 23.1 Å². The van der Waals surface area contributed by atoms with E-state index >= 15 is 0 Å². The summed E-state index contributed by atoms with van der Waals surface area (Å²) in [5.41, 5.74) is 7.32. The molecule has 2 aromatic rings. The molecule has 2 aliphatic rings. The zero-order chi connectivity index (χ0) is 18.3. The van der Waals surface area contributed by atoms with Crippen molar-refractivity contribution in [2.75, 3.05) is 31.2 Å². The summed E-state index contributed by atoms with van der Waals surface area (Å²) in [4.78, 5) is 27.4. The van der Waals surface area contributed by atoms with Crippen LogP contribution in [0.15, 0.2) is 30.3 Å². The number of nitrogens with two attached hydrogens (primary N) is 1. The monoisotopic (exact) mass is 391 g/mol. The maximum absolute atomic E-state index is 12.6. The molecule has 2 atom stereocenters. The summed E-state index contributed by atoms with van der Waals surface area (Å²) in [5, 5.41) is 4.40. The van der Waals surface area contributed by atoms with Gasteiger partial charge < -0.3 is 20.7 Å². The minimum Gasteiger partial charge on any atom is -0.378 e. The van der Waals surface area contributed by atoms with Crippen LogP contribution in [0.4, 0.5) is 5.00 Å². The lowest BCUT2D eigenvalue weighted by atomic mass is 9.82. The van der Waals surface area contributed by atoms with Crippen LogP contribution in [0.1, 0.15) is 26.7 Å². The highest BCUT2D eigenvalue weighted by Gasteiger charge is 2.40. The van der Waals surface area contributed by atoms with Crippen LogP contribution < -0.4 is 16.0 Å². The van der Waals surface area contributed by atoms with Crippen molar-refractivity contribution in [1.29, 1.82) is 0 Å². The Morgan fingerprint density at radius 2 is 1.96 bits per heavy atom. The summed E-state index contributed by atoms with van der Waals surface area (Å²) < 4.78 is 5.40. The Balaban J connectivity index is 1.79. The summed E-state index contributed by atoms with van der Waals surface area (Å²) in [6, 6.07) is 8.52. The second-order valence-corrected chi connectivity index (χ2v) is 7.82. The number of fused-ring (bicyclic) bond motifs is 1. The molecular formula is C18H18ClN3O3S. The van der Waals surface area contributed by atoms with Crippen LogP contribution in [0, 0.1) is 0 Å². The van der Waals surface area contributed by atoms with Gasteiger partial charge in [0.15, 0.2) is 0 Å². The van der Waals surface area contributed by atoms with Crippen LogP contribution in [0.3, 0.4) is 0 Å². The number of thiophene rings is 1. The third-order valence-corrected chi connectivity index (χ3v) is 6.23. The first-order valence-electron chi connectivity index (χ1n) is 8.36. The van der Waals surface area contributed by atoms with Gasteiger partial charge in [0.2, 0.25) is 5.91 Å². The first-order chi connectivity index (χ1) is 12.5. The van der Waals surface area contributed by atoms with E-state index < -0.39 is 11.9 Å². The Kier molecular flexibility index (Phi) is 4.60. The molecule has 1 saturated heterocycles. The number of hydrogen-bond donors (Lipinski definition) is 2. The molecule has 1 aromatic carbocycles. The minimum absolute atomic E-state index is 0.251. The number of morpholine rings is 1. The number of halogens is 1. The van der Waals surface area contributed by atoms with Crippen molar-refractivity contribution in [3.63, 3.8) is 0 Å². The van der Waals surface area contributed by atoms with E-state index in [1.807, 2.05) is 18.2 Å². The fourth-order valence-electron chi connectivity index (χ4n) is 3.49. The van der Waals surface area contributed by atoms with Crippen LogP contribution in [0.25, 0.3) is 0 Å². The normalized spacial score (nSPS) is 22.7. The number of primary amides is 1. The summed E-state index contributed by atoms with van der Waals surface area (Å²) >= 11 is 7.45. The molecule has 0 spiro atoms. The zero-order valence-electron chi connectivity index (χ0n) is 13.9. The van der Waals surface area contributed by atoms with Gasteiger partial charge in [0.25, 0.3) is 5.91 Å². The molecule has 2 aliphatic heterocycles. The van der Waals surface area contributed by atoms with Crippen LogP contribution >= 0.6 is 22.9 Å². The molecule has 0 aliphatic carbocycles. The number of benzene rings is 1. The van der Waals surface area contributed by atoms with E-state index in [4.69, 9.17) is 22.1 Å². The second kappa shape index (κ2) is 6.90. The lowest BCUT2D eigenvalue weighted by Crippen LogP contribution is -2.51. The largest absolute Gasteiger partial charge is 0.378 e. The van der Waals surface area contributed by atoms with Gasteiger partial charge in [-0.25, -0.2) is 0 Å². The molecule has 136 valence electrons. The van der Waals surface area contributed by atoms with Crippen LogP contribution in [0.2, 0.25) is 5.02 Å². The number of rotatable bonds is 3.